The average Bonchev–Trinajstić information content (AvgIpc) is 2.16. The van der Waals surface area contributed by atoms with Gasteiger partial charge in [0.25, 0.3) is 0 Å². The summed E-state index contributed by atoms with van der Waals surface area (Å²) in [6.45, 7) is 2.03. The molecule has 76 valence electrons. The van der Waals surface area contributed by atoms with Crippen molar-refractivity contribution in [3.63, 3.8) is 0 Å². The number of hydrogen-bond donors (Lipinski definition) is 0. The van der Waals surface area contributed by atoms with Gasteiger partial charge in [0.2, 0.25) is 0 Å². The Morgan fingerprint density at radius 1 is 1.08 bits per heavy atom. The molecule has 0 bridgehead atoms. The molecule has 0 nitrogen and oxygen atoms in total. The second kappa shape index (κ2) is 8.93. The summed E-state index contributed by atoms with van der Waals surface area (Å²) in [4.78, 5) is 0. The quantitative estimate of drug-likeness (QED) is 0.479. The molecule has 0 aromatic heterocycles. The van der Waals surface area contributed by atoms with Gasteiger partial charge in [0, 0.05) is 17.6 Å². The summed E-state index contributed by atoms with van der Waals surface area (Å²) in [7, 11) is 0. The predicted molar refractivity (Wildman–Crippen MR) is 63.2 cm³/mol. The summed E-state index contributed by atoms with van der Waals surface area (Å²) in [5, 5.41) is 0. The number of halogens is 3. The van der Waals surface area contributed by atoms with Crippen molar-refractivity contribution < 1.29 is 0 Å². The van der Waals surface area contributed by atoms with E-state index in [0.717, 1.165) is 12.8 Å². The first-order chi connectivity index (χ1) is 6.24. The van der Waals surface area contributed by atoms with Crippen molar-refractivity contribution in [3.05, 3.63) is 23.3 Å². The third kappa shape index (κ3) is 7.42. The van der Waals surface area contributed by atoms with Crippen LogP contribution in [0.3, 0.4) is 0 Å². The van der Waals surface area contributed by atoms with Crippen LogP contribution in [0.2, 0.25) is 0 Å². The highest BCUT2D eigenvalue weighted by Gasteiger charge is 1.93. The van der Waals surface area contributed by atoms with Crippen LogP contribution >= 0.6 is 34.8 Å². The topological polar surface area (TPSA) is 0 Å². The fraction of sp³-hybridized carbons (Fsp3) is 0.600. The van der Waals surface area contributed by atoms with Gasteiger partial charge in [-0.3, -0.25) is 0 Å². The van der Waals surface area contributed by atoms with Gasteiger partial charge in [-0.25, -0.2) is 0 Å². The van der Waals surface area contributed by atoms with Crippen molar-refractivity contribution in [3.8, 4) is 0 Å². The van der Waals surface area contributed by atoms with Crippen LogP contribution in [0.5, 0.6) is 0 Å². The highest BCUT2D eigenvalue weighted by atomic mass is 35.5. The van der Waals surface area contributed by atoms with Crippen LogP contribution in [-0.4, -0.2) is 17.6 Å². The van der Waals surface area contributed by atoms with Crippen molar-refractivity contribution in [2.24, 2.45) is 0 Å². The van der Waals surface area contributed by atoms with Crippen molar-refractivity contribution in [1.29, 1.82) is 0 Å². The lowest BCUT2D eigenvalue weighted by molar-refractivity contribution is 0.967. The standard InChI is InChI=1S/C10H15Cl3/c1-9(7-12)3-2-4-10(8-13)5-6-11/h3,5H,2,4,6-8H2,1H3/b9-3+,10-5-. The van der Waals surface area contributed by atoms with E-state index < -0.39 is 0 Å². The molecule has 0 spiro atoms. The van der Waals surface area contributed by atoms with Crippen LogP contribution in [0, 0.1) is 0 Å². The summed E-state index contributed by atoms with van der Waals surface area (Å²) in [5.74, 6) is 1.72. The zero-order valence-electron chi connectivity index (χ0n) is 7.82. The second-order valence-corrected chi connectivity index (χ2v) is 3.72. The molecule has 0 aromatic rings. The van der Waals surface area contributed by atoms with Gasteiger partial charge in [-0.15, -0.1) is 34.8 Å². The molecule has 0 aromatic carbocycles. The molecule has 0 saturated heterocycles. The van der Waals surface area contributed by atoms with E-state index in [9.17, 15) is 0 Å². The maximum Gasteiger partial charge on any atom is 0.0434 e. The molecular formula is C10H15Cl3. The first-order valence-corrected chi connectivity index (χ1v) is 5.86. The number of rotatable bonds is 6. The van der Waals surface area contributed by atoms with Gasteiger partial charge >= 0.3 is 0 Å². The molecule has 0 unspecified atom stereocenters. The van der Waals surface area contributed by atoms with E-state index in [1.807, 2.05) is 13.0 Å². The Morgan fingerprint density at radius 2 is 1.77 bits per heavy atom. The normalized spacial score (nSPS) is 13.5. The molecule has 0 atom stereocenters. The lowest BCUT2D eigenvalue weighted by atomic mass is 10.1. The number of alkyl halides is 3. The summed E-state index contributed by atoms with van der Waals surface area (Å²) in [6, 6.07) is 0. The van der Waals surface area contributed by atoms with Crippen LogP contribution in [0.15, 0.2) is 23.3 Å². The van der Waals surface area contributed by atoms with Gasteiger partial charge in [0.15, 0.2) is 0 Å². The summed E-state index contributed by atoms with van der Waals surface area (Å²) in [5.41, 5.74) is 2.41. The fourth-order valence-electron chi connectivity index (χ4n) is 0.891. The molecule has 13 heavy (non-hydrogen) atoms. The van der Waals surface area contributed by atoms with E-state index in [0.29, 0.717) is 17.6 Å². The van der Waals surface area contributed by atoms with E-state index >= 15 is 0 Å². The second-order valence-electron chi connectivity index (χ2n) is 2.87. The van der Waals surface area contributed by atoms with Gasteiger partial charge in [-0.2, -0.15) is 0 Å². The Kier molecular flexibility index (Phi) is 9.17. The minimum absolute atomic E-state index is 0.542. The molecule has 0 aliphatic rings. The van der Waals surface area contributed by atoms with E-state index in [2.05, 4.69) is 6.08 Å². The molecule has 0 radical (unpaired) electrons. The van der Waals surface area contributed by atoms with Crippen molar-refractivity contribution in [2.75, 3.05) is 17.6 Å². The largest absolute Gasteiger partial charge is 0.122 e. The van der Waals surface area contributed by atoms with Gasteiger partial charge < -0.3 is 0 Å². The molecule has 0 N–H and O–H groups in total. The molecule has 0 saturated carbocycles. The monoisotopic (exact) mass is 240 g/mol. The molecule has 0 rings (SSSR count). The third-order valence-electron chi connectivity index (χ3n) is 1.71. The van der Waals surface area contributed by atoms with E-state index in [1.165, 1.54) is 11.1 Å². The zero-order chi connectivity index (χ0) is 10.1. The predicted octanol–water partition coefficient (Wildman–Crippen LogP) is 4.36. The Bertz CT molecular complexity index is 183. The Hall–Kier alpha value is 0.350. The lowest BCUT2D eigenvalue weighted by Gasteiger charge is -2.00. The van der Waals surface area contributed by atoms with Gasteiger partial charge in [-0.1, -0.05) is 23.3 Å². The molecule has 0 fully saturated rings. The minimum Gasteiger partial charge on any atom is -0.122 e. The zero-order valence-corrected chi connectivity index (χ0v) is 10.1. The maximum absolute atomic E-state index is 5.72. The smallest absolute Gasteiger partial charge is 0.0434 e. The van der Waals surface area contributed by atoms with Gasteiger partial charge in [0.1, 0.15) is 0 Å². The van der Waals surface area contributed by atoms with Crippen molar-refractivity contribution in [2.45, 2.75) is 19.8 Å². The summed E-state index contributed by atoms with van der Waals surface area (Å²) < 4.78 is 0. The third-order valence-corrected chi connectivity index (χ3v) is 2.63. The summed E-state index contributed by atoms with van der Waals surface area (Å²) in [6.07, 6.45) is 6.08. The fourth-order valence-corrected chi connectivity index (χ4v) is 1.46. The van der Waals surface area contributed by atoms with Crippen LogP contribution in [0.25, 0.3) is 0 Å². The SMILES string of the molecule is C/C(=C\CC/C(=C/CCl)CCl)CCl. The maximum atomic E-state index is 5.72. The minimum atomic E-state index is 0.542. The van der Waals surface area contributed by atoms with Crippen LogP contribution in [0.1, 0.15) is 19.8 Å². The molecule has 0 amide bonds. The Labute approximate surface area is 95.6 Å². The lowest BCUT2D eigenvalue weighted by Crippen LogP contribution is -1.86. The van der Waals surface area contributed by atoms with Crippen molar-refractivity contribution >= 4 is 34.8 Å². The Balaban J connectivity index is 3.79. The van der Waals surface area contributed by atoms with Gasteiger partial charge in [0.05, 0.1) is 0 Å². The highest BCUT2D eigenvalue weighted by molar-refractivity contribution is 6.20. The first-order valence-electron chi connectivity index (χ1n) is 4.26. The van der Waals surface area contributed by atoms with E-state index in [1.54, 1.807) is 0 Å². The average molecular weight is 242 g/mol. The molecule has 3 heteroatoms. The molecule has 0 aliphatic heterocycles. The molecular weight excluding hydrogens is 226 g/mol. The van der Waals surface area contributed by atoms with E-state index in [4.69, 9.17) is 34.8 Å². The first kappa shape index (κ1) is 13.4. The van der Waals surface area contributed by atoms with Crippen LogP contribution in [-0.2, 0) is 0 Å². The number of hydrogen-bond acceptors (Lipinski definition) is 0. The number of allylic oxidation sites excluding steroid dienone is 4. The summed E-state index contributed by atoms with van der Waals surface area (Å²) >= 11 is 16.9. The van der Waals surface area contributed by atoms with E-state index in [-0.39, 0.29) is 0 Å². The molecule has 0 aliphatic carbocycles. The molecule has 0 heterocycles. The van der Waals surface area contributed by atoms with Crippen LogP contribution < -0.4 is 0 Å². The van der Waals surface area contributed by atoms with Gasteiger partial charge in [-0.05, 0) is 19.8 Å². The van der Waals surface area contributed by atoms with Crippen LogP contribution in [0.4, 0.5) is 0 Å². The Morgan fingerprint density at radius 3 is 2.23 bits per heavy atom. The highest BCUT2D eigenvalue weighted by Crippen LogP contribution is 2.10. The van der Waals surface area contributed by atoms with Crippen molar-refractivity contribution in [1.82, 2.24) is 0 Å².